The van der Waals surface area contributed by atoms with E-state index in [1.165, 1.54) is 13.3 Å². The first kappa shape index (κ1) is 18.0. The molecule has 128 valence electrons. The number of nitrogens with zero attached hydrogens (tertiary/aromatic N) is 2. The van der Waals surface area contributed by atoms with Crippen LogP contribution < -0.4 is 10.1 Å². The predicted octanol–water partition coefficient (Wildman–Crippen LogP) is 3.77. The van der Waals surface area contributed by atoms with E-state index in [2.05, 4.69) is 10.3 Å². The van der Waals surface area contributed by atoms with Crippen LogP contribution in [0.25, 0.3) is 11.1 Å². The van der Waals surface area contributed by atoms with Gasteiger partial charge >= 0.3 is 5.69 Å². The van der Waals surface area contributed by atoms with Gasteiger partial charge in [0.25, 0.3) is 0 Å². The molecule has 0 spiro atoms. The Labute approximate surface area is 144 Å². The average Bonchev–Trinajstić information content (AvgIpc) is 2.58. The van der Waals surface area contributed by atoms with Crippen LogP contribution in [-0.2, 0) is 4.74 Å². The number of anilines is 1. The Kier molecular flexibility index (Phi) is 5.94. The number of rotatable bonds is 7. The lowest BCUT2D eigenvalue weighted by Gasteiger charge is -2.13. The number of hydrogen-bond acceptors (Lipinski definition) is 6. The van der Waals surface area contributed by atoms with Crippen molar-refractivity contribution >= 4 is 23.1 Å². The Morgan fingerprint density at radius 3 is 2.67 bits per heavy atom. The molecule has 8 heteroatoms. The van der Waals surface area contributed by atoms with Gasteiger partial charge in [0.15, 0.2) is 0 Å². The second kappa shape index (κ2) is 7.94. The Morgan fingerprint density at radius 2 is 2.08 bits per heavy atom. The van der Waals surface area contributed by atoms with Crippen LogP contribution in [0.1, 0.15) is 6.92 Å². The molecule has 0 aliphatic rings. The fourth-order valence-electron chi connectivity index (χ4n) is 2.15. The van der Waals surface area contributed by atoms with E-state index in [1.54, 1.807) is 31.4 Å². The summed E-state index contributed by atoms with van der Waals surface area (Å²) in [6, 6.07) is 6.56. The minimum absolute atomic E-state index is 0.111. The van der Waals surface area contributed by atoms with E-state index < -0.39 is 4.92 Å². The highest BCUT2D eigenvalue weighted by Crippen LogP contribution is 2.39. The molecular weight excluding hydrogens is 334 g/mol. The van der Waals surface area contributed by atoms with E-state index in [0.717, 1.165) is 0 Å². The smallest absolute Gasteiger partial charge is 0.319 e. The molecule has 0 amide bonds. The molecule has 1 N–H and O–H groups in total. The van der Waals surface area contributed by atoms with Gasteiger partial charge in [0.1, 0.15) is 5.75 Å². The zero-order valence-electron chi connectivity index (χ0n) is 13.6. The summed E-state index contributed by atoms with van der Waals surface area (Å²) in [5, 5.41) is 14.9. The number of pyridine rings is 1. The van der Waals surface area contributed by atoms with Gasteiger partial charge in [-0.25, -0.2) is 4.98 Å². The van der Waals surface area contributed by atoms with Crippen molar-refractivity contribution in [3.63, 3.8) is 0 Å². The third-order valence-corrected chi connectivity index (χ3v) is 3.85. The van der Waals surface area contributed by atoms with E-state index >= 15 is 0 Å². The van der Waals surface area contributed by atoms with Crippen molar-refractivity contribution in [2.75, 3.05) is 26.1 Å². The van der Waals surface area contributed by atoms with Gasteiger partial charge in [-0.3, -0.25) is 10.1 Å². The van der Waals surface area contributed by atoms with Crippen molar-refractivity contribution in [1.29, 1.82) is 0 Å². The summed E-state index contributed by atoms with van der Waals surface area (Å²) in [6.45, 7) is 2.24. The first-order valence-corrected chi connectivity index (χ1v) is 7.59. The zero-order chi connectivity index (χ0) is 17.7. The highest BCUT2D eigenvalue weighted by molar-refractivity contribution is 6.33. The summed E-state index contributed by atoms with van der Waals surface area (Å²) in [4.78, 5) is 15.2. The number of halogens is 1. The highest BCUT2D eigenvalue weighted by atomic mass is 35.5. The van der Waals surface area contributed by atoms with Gasteiger partial charge in [-0.1, -0.05) is 11.6 Å². The molecule has 7 nitrogen and oxygen atoms in total. The molecular formula is C16H18ClN3O4. The number of aromatic nitrogens is 1. The molecule has 2 rings (SSSR count). The van der Waals surface area contributed by atoms with Crippen LogP contribution in [0.4, 0.5) is 11.5 Å². The summed E-state index contributed by atoms with van der Waals surface area (Å²) in [5.74, 6) is 0.751. The molecule has 0 saturated carbocycles. The normalized spacial score (nSPS) is 11.8. The van der Waals surface area contributed by atoms with E-state index in [4.69, 9.17) is 21.1 Å². The Balaban J connectivity index is 2.48. The van der Waals surface area contributed by atoms with Crippen molar-refractivity contribution in [2.45, 2.75) is 13.0 Å². The van der Waals surface area contributed by atoms with Gasteiger partial charge in [-0.15, -0.1) is 0 Å². The van der Waals surface area contributed by atoms with Crippen molar-refractivity contribution in [1.82, 2.24) is 4.98 Å². The average molecular weight is 352 g/mol. The quantitative estimate of drug-likeness (QED) is 0.603. The van der Waals surface area contributed by atoms with Crippen molar-refractivity contribution < 1.29 is 14.4 Å². The van der Waals surface area contributed by atoms with Crippen LogP contribution in [0.5, 0.6) is 5.75 Å². The van der Waals surface area contributed by atoms with E-state index in [9.17, 15) is 10.1 Å². The van der Waals surface area contributed by atoms with E-state index in [1.807, 2.05) is 6.92 Å². The fourth-order valence-corrected chi connectivity index (χ4v) is 2.42. The fraction of sp³-hybridized carbons (Fsp3) is 0.312. The molecule has 0 aliphatic heterocycles. The molecule has 0 aliphatic carbocycles. The molecule has 0 fully saturated rings. The van der Waals surface area contributed by atoms with Gasteiger partial charge in [0.05, 0.1) is 28.7 Å². The summed E-state index contributed by atoms with van der Waals surface area (Å²) in [6.07, 6.45) is 1.39. The standard InChI is InChI=1S/C16H18ClN3O4/c1-10(23-2)9-19-16-15(20(21)22)13(6-7-18-16)12-5-4-11(24-3)8-14(12)17/h4-8,10H,9H2,1-3H3,(H,18,19). The topological polar surface area (TPSA) is 86.5 Å². The SMILES string of the molecule is COc1ccc(-c2ccnc(NCC(C)OC)c2[N+](=O)[O-])c(Cl)c1. The number of nitrogens with one attached hydrogen (secondary N) is 1. The van der Waals surface area contributed by atoms with Crippen molar-refractivity contribution in [2.24, 2.45) is 0 Å². The molecule has 2 aromatic rings. The molecule has 0 saturated heterocycles. The highest BCUT2D eigenvalue weighted by Gasteiger charge is 2.24. The lowest BCUT2D eigenvalue weighted by Crippen LogP contribution is -2.19. The number of methoxy groups -OCH3 is 2. The molecule has 1 aromatic carbocycles. The first-order valence-electron chi connectivity index (χ1n) is 7.22. The maximum Gasteiger partial charge on any atom is 0.319 e. The Bertz CT molecular complexity index is 739. The lowest BCUT2D eigenvalue weighted by atomic mass is 10.0. The molecule has 1 atom stereocenters. The molecule has 1 unspecified atom stereocenters. The summed E-state index contributed by atoms with van der Waals surface area (Å²) < 4.78 is 10.2. The summed E-state index contributed by atoms with van der Waals surface area (Å²) >= 11 is 6.26. The molecule has 1 heterocycles. The van der Waals surface area contributed by atoms with Gasteiger partial charge in [0.2, 0.25) is 5.82 Å². The van der Waals surface area contributed by atoms with E-state index in [-0.39, 0.29) is 17.6 Å². The van der Waals surface area contributed by atoms with E-state index in [0.29, 0.717) is 28.4 Å². The van der Waals surface area contributed by atoms with Crippen LogP contribution in [0, 0.1) is 10.1 Å². The second-order valence-electron chi connectivity index (χ2n) is 5.09. The zero-order valence-corrected chi connectivity index (χ0v) is 14.3. The third-order valence-electron chi connectivity index (χ3n) is 3.53. The van der Waals surface area contributed by atoms with Gasteiger partial charge in [-0.2, -0.15) is 0 Å². The van der Waals surface area contributed by atoms with Crippen molar-refractivity contribution in [3.8, 4) is 16.9 Å². The predicted molar refractivity (Wildman–Crippen MR) is 92.9 cm³/mol. The number of hydrogen-bond donors (Lipinski definition) is 1. The number of ether oxygens (including phenoxy) is 2. The Hall–Kier alpha value is -2.38. The van der Waals surface area contributed by atoms with Crippen molar-refractivity contribution in [3.05, 3.63) is 45.6 Å². The maximum absolute atomic E-state index is 11.6. The second-order valence-corrected chi connectivity index (χ2v) is 5.49. The lowest BCUT2D eigenvalue weighted by molar-refractivity contribution is -0.383. The van der Waals surface area contributed by atoms with Gasteiger partial charge in [-0.05, 0) is 31.2 Å². The molecule has 0 radical (unpaired) electrons. The van der Waals surface area contributed by atoms with Gasteiger partial charge in [0, 0.05) is 25.4 Å². The van der Waals surface area contributed by atoms with Crippen LogP contribution in [0.3, 0.4) is 0 Å². The summed E-state index contributed by atoms with van der Waals surface area (Å²) in [5.41, 5.74) is 0.789. The minimum Gasteiger partial charge on any atom is -0.497 e. The number of benzene rings is 1. The molecule has 24 heavy (non-hydrogen) atoms. The monoisotopic (exact) mass is 351 g/mol. The Morgan fingerprint density at radius 1 is 1.33 bits per heavy atom. The van der Waals surface area contributed by atoms with Crippen LogP contribution >= 0.6 is 11.6 Å². The minimum atomic E-state index is -0.470. The molecule has 1 aromatic heterocycles. The largest absolute Gasteiger partial charge is 0.497 e. The number of nitro groups is 1. The summed E-state index contributed by atoms with van der Waals surface area (Å²) in [7, 11) is 3.10. The third kappa shape index (κ3) is 3.93. The van der Waals surface area contributed by atoms with Crippen LogP contribution in [0.15, 0.2) is 30.5 Å². The molecule has 0 bridgehead atoms. The maximum atomic E-state index is 11.6. The van der Waals surface area contributed by atoms with Crippen LogP contribution in [-0.4, -0.2) is 36.8 Å². The first-order chi connectivity index (χ1) is 11.5. The van der Waals surface area contributed by atoms with Crippen LogP contribution in [0.2, 0.25) is 5.02 Å². The van der Waals surface area contributed by atoms with Gasteiger partial charge < -0.3 is 14.8 Å².